The molecule has 74 heavy (non-hydrogen) atoms. The van der Waals surface area contributed by atoms with Gasteiger partial charge in [-0.05, 0) is 86.1 Å². The zero-order valence-electron chi connectivity index (χ0n) is 45.6. The Bertz CT molecular complexity index is 2560. The fourth-order valence-electron chi connectivity index (χ4n) is 10.1. The quantitative estimate of drug-likeness (QED) is 0.0235. The Morgan fingerprint density at radius 3 is 1.14 bits per heavy atom. The van der Waals surface area contributed by atoms with E-state index in [9.17, 15) is 9.59 Å². The number of carbonyl (C=O) groups excluding carboxylic acids is 2. The van der Waals surface area contributed by atoms with Gasteiger partial charge in [-0.25, -0.2) is 9.59 Å². The smallest absolute Gasteiger partial charge is 0.330 e. The van der Waals surface area contributed by atoms with Crippen molar-refractivity contribution in [3.05, 3.63) is 57.3 Å². The molecule has 0 unspecified atom stereocenters. The van der Waals surface area contributed by atoms with Crippen LogP contribution in [0.1, 0.15) is 240 Å². The highest BCUT2D eigenvalue weighted by Gasteiger charge is 2.26. The van der Waals surface area contributed by atoms with Crippen molar-refractivity contribution in [3.63, 3.8) is 0 Å². The highest BCUT2D eigenvalue weighted by atomic mass is 32.1. The fourth-order valence-corrected chi connectivity index (χ4v) is 18.5. The van der Waals surface area contributed by atoms with Gasteiger partial charge in [0, 0.05) is 48.0 Å². The maximum absolute atomic E-state index is 12.5. The van der Waals surface area contributed by atoms with Crippen LogP contribution in [0.4, 0.5) is 0 Å². The third kappa shape index (κ3) is 20.0. The molecular formula is C63H90O5S6. The number of unbranched alkanes of at least 4 members (excludes halogenated alkanes) is 29. The number of aliphatic hydroxyl groups excluding tert-OH is 1. The van der Waals surface area contributed by atoms with Crippen molar-refractivity contribution in [2.24, 2.45) is 0 Å². The Morgan fingerprint density at radius 1 is 0.419 bits per heavy atom. The van der Waals surface area contributed by atoms with Gasteiger partial charge in [-0.3, -0.25) is 0 Å². The molecule has 6 rings (SSSR count). The molecule has 0 radical (unpaired) electrons. The molecule has 6 aromatic heterocycles. The molecule has 0 aliphatic rings. The van der Waals surface area contributed by atoms with Crippen LogP contribution in [-0.4, -0.2) is 37.4 Å². The summed E-state index contributed by atoms with van der Waals surface area (Å²) in [7, 11) is 1.43. The molecule has 0 atom stereocenters. The van der Waals surface area contributed by atoms with Crippen molar-refractivity contribution < 1.29 is 24.2 Å². The minimum absolute atomic E-state index is 0.113. The zero-order chi connectivity index (χ0) is 52.0. The number of hydrogen-bond donors (Lipinski definition) is 1. The van der Waals surface area contributed by atoms with E-state index in [0.29, 0.717) is 19.4 Å². The number of thiophene rings is 6. The highest BCUT2D eigenvalue weighted by molar-refractivity contribution is 7.46. The maximum Gasteiger partial charge on any atom is 0.330 e. The number of fused-ring (bicyclic) bond motifs is 5. The molecule has 0 fully saturated rings. The Labute approximate surface area is 470 Å². The number of carbonyl (C=O) groups is 2. The van der Waals surface area contributed by atoms with Crippen LogP contribution in [0.2, 0.25) is 0 Å². The van der Waals surface area contributed by atoms with Crippen molar-refractivity contribution in [2.45, 2.75) is 232 Å². The van der Waals surface area contributed by atoms with Gasteiger partial charge in [0.2, 0.25) is 0 Å². The standard InChI is InChI=1S/C63H90O5S6/c1-4-6-8-10-12-14-16-18-20-22-24-26-28-30-32-36-50-56(52-42-38-48(69-52)40-44-54(65)67-3)71-60-58(50)73-63-61-59(74-62(60)63)51(37-33-31-29-27-25-23-21-19-17-15-13-11-9-7-5-2)57(72-61)53-43-39-49(70-53)41-45-55(66)68-47-35-34-46-64/h38-45,64H,4-37,46-47H2,1-3H3/b44-40+,45-41+. The molecule has 0 saturated heterocycles. The summed E-state index contributed by atoms with van der Waals surface area (Å²) in [6.45, 7) is 5.04. The number of rotatable bonds is 42. The van der Waals surface area contributed by atoms with Gasteiger partial charge < -0.3 is 14.6 Å². The summed E-state index contributed by atoms with van der Waals surface area (Å²) in [5, 5.41) is 9.08. The zero-order valence-corrected chi connectivity index (χ0v) is 50.5. The molecule has 0 bridgehead atoms. The molecule has 0 aromatic carbocycles. The minimum atomic E-state index is -0.333. The second-order valence-corrected chi connectivity index (χ2v) is 26.9. The molecule has 0 aliphatic carbocycles. The Morgan fingerprint density at radius 2 is 0.770 bits per heavy atom. The summed E-state index contributed by atoms with van der Waals surface area (Å²) in [6.07, 6.45) is 51.4. The monoisotopic (exact) mass is 1120 g/mol. The van der Waals surface area contributed by atoms with Crippen molar-refractivity contribution in [1.29, 1.82) is 0 Å². The predicted molar refractivity (Wildman–Crippen MR) is 332 cm³/mol. The number of hydrogen-bond acceptors (Lipinski definition) is 11. The first-order valence-corrected chi connectivity index (χ1v) is 34.2. The highest BCUT2D eigenvalue weighted by Crippen LogP contribution is 2.56. The summed E-state index contributed by atoms with van der Waals surface area (Å²) in [5.41, 5.74) is 3.03. The van der Waals surface area contributed by atoms with Crippen LogP contribution in [0, 0.1) is 0 Å². The average molecular weight is 1120 g/mol. The molecule has 6 heterocycles. The van der Waals surface area contributed by atoms with Gasteiger partial charge in [0.1, 0.15) is 0 Å². The van der Waals surface area contributed by atoms with Crippen LogP contribution >= 0.6 is 68.0 Å². The summed E-state index contributed by atoms with van der Waals surface area (Å²) >= 11 is 11.6. The van der Waals surface area contributed by atoms with Gasteiger partial charge in [0.15, 0.2) is 0 Å². The lowest BCUT2D eigenvalue weighted by molar-refractivity contribution is -0.138. The molecule has 0 saturated carbocycles. The molecule has 408 valence electrons. The van der Waals surface area contributed by atoms with Crippen molar-refractivity contribution >= 4 is 120 Å². The van der Waals surface area contributed by atoms with Crippen molar-refractivity contribution in [2.75, 3.05) is 20.3 Å². The second kappa shape index (κ2) is 35.7. The van der Waals surface area contributed by atoms with E-state index >= 15 is 0 Å². The summed E-state index contributed by atoms with van der Waals surface area (Å²) in [4.78, 5) is 32.0. The summed E-state index contributed by atoms with van der Waals surface area (Å²) in [6, 6.07) is 8.80. The van der Waals surface area contributed by atoms with Crippen LogP contribution in [0.3, 0.4) is 0 Å². The molecule has 0 amide bonds. The van der Waals surface area contributed by atoms with E-state index < -0.39 is 0 Å². The van der Waals surface area contributed by atoms with Gasteiger partial charge in [0.05, 0.1) is 41.9 Å². The lowest BCUT2D eigenvalue weighted by Crippen LogP contribution is -2.02. The first kappa shape index (κ1) is 60.6. The molecule has 5 nitrogen and oxygen atoms in total. The largest absolute Gasteiger partial charge is 0.466 e. The predicted octanol–water partition coefficient (Wildman–Crippen LogP) is 22.2. The summed E-state index contributed by atoms with van der Waals surface area (Å²) < 4.78 is 19.0. The van der Waals surface area contributed by atoms with Crippen molar-refractivity contribution in [3.8, 4) is 19.5 Å². The van der Waals surface area contributed by atoms with E-state index in [1.54, 1.807) is 28.7 Å². The Kier molecular flexibility index (Phi) is 29.2. The van der Waals surface area contributed by atoms with E-state index in [1.165, 1.54) is 265 Å². The second-order valence-electron chi connectivity index (χ2n) is 20.6. The van der Waals surface area contributed by atoms with Crippen LogP contribution < -0.4 is 0 Å². The van der Waals surface area contributed by atoms with Crippen LogP contribution in [0.5, 0.6) is 0 Å². The van der Waals surface area contributed by atoms with E-state index in [-0.39, 0.29) is 18.5 Å². The average Bonchev–Trinajstić information content (AvgIpc) is 4.29. The topological polar surface area (TPSA) is 72.8 Å². The van der Waals surface area contributed by atoms with Gasteiger partial charge >= 0.3 is 11.9 Å². The lowest BCUT2D eigenvalue weighted by atomic mass is 10.0. The number of ether oxygens (including phenoxy) is 2. The fraction of sp³-hybridized carbons (Fsp3) is 0.619. The van der Waals surface area contributed by atoms with Gasteiger partial charge in [0.25, 0.3) is 0 Å². The Balaban J connectivity index is 1.15. The van der Waals surface area contributed by atoms with E-state index in [0.717, 1.165) is 22.6 Å². The third-order valence-electron chi connectivity index (χ3n) is 14.5. The molecule has 6 aromatic rings. The van der Waals surface area contributed by atoms with Crippen molar-refractivity contribution in [1.82, 2.24) is 0 Å². The lowest BCUT2D eigenvalue weighted by Gasteiger charge is -2.05. The number of esters is 2. The van der Waals surface area contributed by atoms with Gasteiger partial charge in [-0.1, -0.05) is 194 Å². The summed E-state index contributed by atoms with van der Waals surface area (Å²) in [5.74, 6) is -0.659. The SMILES string of the molecule is CCCCCCCCCCCCCCCCCc1c(-c2ccc(/C=C/C(=O)OC)s2)sc2c1sc1c3sc(-c4ccc(/C=C/C(=O)OCCCCO)s4)c(CCCCCCCCCCCCCCCCC)c3sc21. The third-order valence-corrected chi connectivity index (χ3v) is 22.6. The van der Waals surface area contributed by atoms with E-state index in [1.807, 2.05) is 57.5 Å². The number of aliphatic hydroxyl groups is 1. The normalized spacial score (nSPS) is 12.1. The molecule has 1 N–H and O–H groups in total. The molecular weight excluding hydrogens is 1030 g/mol. The van der Waals surface area contributed by atoms with Crippen LogP contribution in [-0.2, 0) is 31.9 Å². The van der Waals surface area contributed by atoms with E-state index in [4.69, 9.17) is 14.6 Å². The van der Waals surface area contributed by atoms with Crippen LogP contribution in [0.25, 0.3) is 59.9 Å². The molecule has 0 spiro atoms. The molecule has 0 aliphatic heterocycles. The Hall–Kier alpha value is -2.64. The maximum atomic E-state index is 12.5. The van der Waals surface area contributed by atoms with E-state index in [2.05, 4.69) is 38.1 Å². The molecule has 11 heteroatoms. The van der Waals surface area contributed by atoms with Crippen LogP contribution in [0.15, 0.2) is 36.4 Å². The first-order chi connectivity index (χ1) is 36.4. The number of methoxy groups -OCH3 is 1. The first-order valence-electron chi connectivity index (χ1n) is 29.3. The number of aryl methyl sites for hydroxylation is 2. The van der Waals surface area contributed by atoms with Gasteiger partial charge in [-0.15, -0.1) is 68.0 Å². The minimum Gasteiger partial charge on any atom is -0.466 e. The van der Waals surface area contributed by atoms with Gasteiger partial charge in [-0.2, -0.15) is 0 Å².